The van der Waals surface area contributed by atoms with Crippen LogP contribution in [-0.2, 0) is 4.74 Å². The number of likely N-dealkylation sites (tertiary alicyclic amines) is 1. The van der Waals surface area contributed by atoms with Crippen molar-refractivity contribution in [1.29, 1.82) is 0 Å². The van der Waals surface area contributed by atoms with E-state index in [0.717, 1.165) is 18.9 Å². The molecule has 2 aliphatic heterocycles. The fraction of sp³-hybridized carbons (Fsp3) is 1.00. The van der Waals surface area contributed by atoms with E-state index in [1.807, 2.05) is 0 Å². The summed E-state index contributed by atoms with van der Waals surface area (Å²) in [4.78, 5) is 2.68. The Labute approximate surface area is 125 Å². The number of hydrogen-bond acceptors (Lipinski definition) is 3. The fourth-order valence-corrected chi connectivity index (χ4v) is 4.20. The Balaban J connectivity index is 1.95. The summed E-state index contributed by atoms with van der Waals surface area (Å²) in [5.41, 5.74) is 0.00160. The summed E-state index contributed by atoms with van der Waals surface area (Å²) in [6.07, 6.45) is 3.65. The summed E-state index contributed by atoms with van der Waals surface area (Å²) in [6, 6.07) is 1.26. The van der Waals surface area contributed by atoms with Gasteiger partial charge in [0.2, 0.25) is 0 Å². The molecule has 2 fully saturated rings. The largest absolute Gasteiger partial charge is 0.368 e. The number of rotatable bonds is 4. The highest BCUT2D eigenvalue weighted by molar-refractivity contribution is 5.01. The van der Waals surface area contributed by atoms with Crippen molar-refractivity contribution in [3.8, 4) is 0 Å². The Morgan fingerprint density at radius 1 is 1.25 bits per heavy atom. The van der Waals surface area contributed by atoms with Crippen LogP contribution in [0.3, 0.4) is 0 Å². The van der Waals surface area contributed by atoms with Crippen molar-refractivity contribution in [3.05, 3.63) is 0 Å². The second kappa shape index (κ2) is 5.94. The first-order valence-electron chi connectivity index (χ1n) is 8.43. The zero-order chi connectivity index (χ0) is 15.0. The smallest absolute Gasteiger partial charge is 0.0789 e. The fourth-order valence-electron chi connectivity index (χ4n) is 4.20. The van der Waals surface area contributed by atoms with Crippen molar-refractivity contribution in [1.82, 2.24) is 10.2 Å². The van der Waals surface area contributed by atoms with Gasteiger partial charge in [0.15, 0.2) is 0 Å². The highest BCUT2D eigenvalue weighted by atomic mass is 16.5. The van der Waals surface area contributed by atoms with Crippen molar-refractivity contribution in [3.63, 3.8) is 0 Å². The lowest BCUT2D eigenvalue weighted by molar-refractivity contribution is -0.0839. The van der Waals surface area contributed by atoms with Gasteiger partial charge in [0.1, 0.15) is 0 Å². The van der Waals surface area contributed by atoms with Crippen LogP contribution >= 0.6 is 0 Å². The Morgan fingerprint density at radius 2 is 1.95 bits per heavy atom. The van der Waals surface area contributed by atoms with Gasteiger partial charge in [-0.2, -0.15) is 0 Å². The van der Waals surface area contributed by atoms with E-state index in [9.17, 15) is 0 Å². The van der Waals surface area contributed by atoms with Crippen molar-refractivity contribution < 1.29 is 4.74 Å². The molecule has 3 unspecified atom stereocenters. The van der Waals surface area contributed by atoms with Gasteiger partial charge >= 0.3 is 0 Å². The van der Waals surface area contributed by atoms with E-state index in [4.69, 9.17) is 4.74 Å². The minimum absolute atomic E-state index is 0.0209. The normalized spacial score (nSPS) is 37.2. The van der Waals surface area contributed by atoms with Gasteiger partial charge in [0.05, 0.1) is 11.2 Å². The molecule has 0 radical (unpaired) electrons. The molecular weight excluding hydrogens is 248 g/mol. The molecule has 2 heterocycles. The van der Waals surface area contributed by atoms with Crippen LogP contribution in [0.1, 0.15) is 60.8 Å². The van der Waals surface area contributed by atoms with E-state index in [0.29, 0.717) is 12.1 Å². The molecule has 3 heteroatoms. The molecule has 3 nitrogen and oxygen atoms in total. The molecular formula is C17H34N2O. The summed E-state index contributed by atoms with van der Waals surface area (Å²) in [6.45, 7) is 17.2. The lowest BCUT2D eigenvalue weighted by Crippen LogP contribution is -2.55. The lowest BCUT2D eigenvalue weighted by Gasteiger charge is -2.43. The quantitative estimate of drug-likeness (QED) is 0.858. The molecule has 0 amide bonds. The van der Waals surface area contributed by atoms with E-state index in [1.165, 1.54) is 25.9 Å². The molecule has 0 saturated carbocycles. The van der Waals surface area contributed by atoms with E-state index in [2.05, 4.69) is 51.8 Å². The van der Waals surface area contributed by atoms with Crippen molar-refractivity contribution in [2.24, 2.45) is 5.92 Å². The predicted molar refractivity (Wildman–Crippen MR) is 85.1 cm³/mol. The summed E-state index contributed by atoms with van der Waals surface area (Å²) in [5, 5.41) is 3.71. The number of ether oxygens (including phenoxy) is 1. The Hall–Kier alpha value is -0.120. The van der Waals surface area contributed by atoms with Gasteiger partial charge in [-0.1, -0.05) is 13.8 Å². The highest BCUT2D eigenvalue weighted by Crippen LogP contribution is 2.41. The minimum Gasteiger partial charge on any atom is -0.368 e. The molecule has 0 spiro atoms. The molecule has 0 aromatic rings. The maximum Gasteiger partial charge on any atom is 0.0789 e. The predicted octanol–water partition coefficient (Wildman–Crippen LogP) is 3.04. The van der Waals surface area contributed by atoms with Crippen LogP contribution in [0.4, 0.5) is 0 Å². The van der Waals surface area contributed by atoms with Crippen molar-refractivity contribution >= 4 is 0 Å². The summed E-state index contributed by atoms with van der Waals surface area (Å²) < 4.78 is 6.27. The average Bonchev–Trinajstić information content (AvgIpc) is 2.56. The molecule has 0 aromatic carbocycles. The molecule has 0 aromatic heterocycles. The Kier molecular flexibility index (Phi) is 4.83. The van der Waals surface area contributed by atoms with E-state index in [1.54, 1.807) is 0 Å². The summed E-state index contributed by atoms with van der Waals surface area (Å²) >= 11 is 0. The van der Waals surface area contributed by atoms with Crippen LogP contribution in [0, 0.1) is 5.92 Å². The number of piperidine rings is 1. The van der Waals surface area contributed by atoms with Gasteiger partial charge in [0, 0.05) is 25.2 Å². The Morgan fingerprint density at radius 3 is 2.45 bits per heavy atom. The summed E-state index contributed by atoms with van der Waals surface area (Å²) in [5.74, 6) is 0.731. The second-order valence-electron chi connectivity index (χ2n) is 8.01. The lowest BCUT2D eigenvalue weighted by atomic mass is 9.87. The molecule has 2 aliphatic rings. The van der Waals surface area contributed by atoms with Crippen LogP contribution in [-0.4, -0.2) is 47.8 Å². The van der Waals surface area contributed by atoms with Gasteiger partial charge in [0.25, 0.3) is 0 Å². The number of hydrogen-bond donors (Lipinski definition) is 1. The zero-order valence-electron chi connectivity index (χ0n) is 14.3. The van der Waals surface area contributed by atoms with Gasteiger partial charge in [-0.3, -0.25) is 4.90 Å². The highest BCUT2D eigenvalue weighted by Gasteiger charge is 2.49. The molecule has 0 bridgehead atoms. The molecule has 2 rings (SSSR count). The Bertz CT molecular complexity index is 327. The van der Waals surface area contributed by atoms with Crippen LogP contribution in [0.15, 0.2) is 0 Å². The molecule has 1 N–H and O–H groups in total. The molecule has 0 aliphatic carbocycles. The topological polar surface area (TPSA) is 24.5 Å². The monoisotopic (exact) mass is 282 g/mol. The molecule has 118 valence electrons. The van der Waals surface area contributed by atoms with Gasteiger partial charge < -0.3 is 10.1 Å². The number of nitrogens with one attached hydrogen (secondary N) is 1. The maximum atomic E-state index is 6.27. The summed E-state index contributed by atoms with van der Waals surface area (Å²) in [7, 11) is 0. The first kappa shape index (κ1) is 16.3. The van der Waals surface area contributed by atoms with Gasteiger partial charge in [-0.25, -0.2) is 0 Å². The van der Waals surface area contributed by atoms with Crippen LogP contribution < -0.4 is 5.32 Å². The van der Waals surface area contributed by atoms with Gasteiger partial charge in [-0.15, -0.1) is 0 Å². The first-order chi connectivity index (χ1) is 9.25. The van der Waals surface area contributed by atoms with E-state index >= 15 is 0 Å². The minimum atomic E-state index is -0.0209. The van der Waals surface area contributed by atoms with Crippen molar-refractivity contribution in [2.75, 3.05) is 19.6 Å². The van der Waals surface area contributed by atoms with E-state index in [-0.39, 0.29) is 11.2 Å². The number of nitrogens with zero attached hydrogens (tertiary/aromatic N) is 1. The standard InChI is InChI=1S/C17H34N2O/c1-7-9-18-14-8-10-19(12-13(14)2)15-11-16(3,4)20-17(15,5)6/h13-15,18H,7-12H2,1-6H3. The van der Waals surface area contributed by atoms with Crippen LogP contribution in [0.25, 0.3) is 0 Å². The maximum absolute atomic E-state index is 6.27. The van der Waals surface area contributed by atoms with Crippen LogP contribution in [0.2, 0.25) is 0 Å². The van der Waals surface area contributed by atoms with Crippen molar-refractivity contribution in [2.45, 2.75) is 84.1 Å². The van der Waals surface area contributed by atoms with E-state index < -0.39 is 0 Å². The second-order valence-corrected chi connectivity index (χ2v) is 8.01. The third kappa shape index (κ3) is 3.55. The molecule has 20 heavy (non-hydrogen) atoms. The third-order valence-corrected chi connectivity index (χ3v) is 5.06. The third-order valence-electron chi connectivity index (χ3n) is 5.06. The average molecular weight is 282 g/mol. The van der Waals surface area contributed by atoms with Crippen LogP contribution in [0.5, 0.6) is 0 Å². The van der Waals surface area contributed by atoms with Gasteiger partial charge in [-0.05, 0) is 59.4 Å². The SMILES string of the molecule is CCCNC1CCN(C2CC(C)(C)OC2(C)C)CC1C. The first-order valence-corrected chi connectivity index (χ1v) is 8.43. The molecule has 3 atom stereocenters. The molecule has 2 saturated heterocycles. The zero-order valence-corrected chi connectivity index (χ0v) is 14.3.